The molecule has 4 rings (SSSR count). The average molecular weight is 503 g/mol. The number of carbonyl (C=O) groups is 1. The zero-order valence-electron chi connectivity index (χ0n) is 20.8. The number of amides is 1. The molecular formula is C26H34N2O6S. The lowest BCUT2D eigenvalue weighted by molar-refractivity contribution is 0.0152. The Morgan fingerprint density at radius 2 is 1.86 bits per heavy atom. The summed E-state index contributed by atoms with van der Waals surface area (Å²) in [6, 6.07) is 13.0. The van der Waals surface area contributed by atoms with Crippen molar-refractivity contribution in [3.63, 3.8) is 0 Å². The van der Waals surface area contributed by atoms with Crippen molar-refractivity contribution in [3.8, 4) is 17.2 Å². The van der Waals surface area contributed by atoms with E-state index >= 15 is 0 Å². The molecule has 0 aliphatic carbocycles. The van der Waals surface area contributed by atoms with E-state index in [-0.39, 0.29) is 12.1 Å². The fraction of sp³-hybridized carbons (Fsp3) is 0.500. The molecule has 2 aromatic carbocycles. The van der Waals surface area contributed by atoms with E-state index in [1.54, 1.807) is 12.0 Å². The highest BCUT2D eigenvalue weighted by Gasteiger charge is 2.37. The minimum atomic E-state index is -1.45. The Hall–Kier alpha value is -2.62. The number of rotatable bonds is 6. The molecule has 0 spiro atoms. The van der Waals surface area contributed by atoms with E-state index in [0.29, 0.717) is 49.2 Å². The van der Waals surface area contributed by atoms with Crippen LogP contribution in [0, 0.1) is 0 Å². The standard InChI is InChI=1S/C26H34N2O6S/c1-26(2,3)34-25(29)27-13-5-6-20(18-27)28(35(30)22-10-8-21(31-4)9-11-22)17-19-7-12-23-24(16-19)33-15-14-32-23/h7-12,16,20H,5-6,13-15,17-18H2,1-4H3. The summed E-state index contributed by atoms with van der Waals surface area (Å²) in [4.78, 5) is 15.2. The maximum absolute atomic E-state index is 13.8. The van der Waals surface area contributed by atoms with Crippen LogP contribution in [-0.4, -0.2) is 64.9 Å². The number of hydrogen-bond acceptors (Lipinski definition) is 7. The highest BCUT2D eigenvalue weighted by Crippen LogP contribution is 2.33. The number of methoxy groups -OCH3 is 1. The first-order valence-corrected chi connectivity index (χ1v) is 13.0. The van der Waals surface area contributed by atoms with E-state index in [1.807, 2.05) is 67.5 Å². The van der Waals surface area contributed by atoms with E-state index < -0.39 is 17.0 Å². The van der Waals surface area contributed by atoms with Gasteiger partial charge in [0, 0.05) is 13.1 Å². The van der Waals surface area contributed by atoms with Crippen LogP contribution in [0.15, 0.2) is 47.4 Å². The topological polar surface area (TPSA) is 83.5 Å². The van der Waals surface area contributed by atoms with Crippen molar-refractivity contribution in [2.45, 2.75) is 56.7 Å². The lowest BCUT2D eigenvalue weighted by Gasteiger charge is -2.39. The highest BCUT2D eigenvalue weighted by molar-refractivity contribution is 7.89. The van der Waals surface area contributed by atoms with Crippen molar-refractivity contribution in [2.24, 2.45) is 0 Å². The number of hydrogen-bond donors (Lipinski definition) is 0. The van der Waals surface area contributed by atoms with Crippen molar-refractivity contribution < 1.29 is 28.3 Å². The monoisotopic (exact) mass is 502 g/mol. The van der Waals surface area contributed by atoms with Gasteiger partial charge in [-0.2, -0.15) is 0 Å². The minimum absolute atomic E-state index is 0.104. The summed E-state index contributed by atoms with van der Waals surface area (Å²) in [6.07, 6.45) is 1.30. The zero-order valence-corrected chi connectivity index (χ0v) is 21.6. The second kappa shape index (κ2) is 11.0. The summed E-state index contributed by atoms with van der Waals surface area (Å²) in [6.45, 7) is 8.12. The lowest BCUT2D eigenvalue weighted by Crippen LogP contribution is -2.52. The molecular weight excluding hydrogens is 468 g/mol. The van der Waals surface area contributed by atoms with Gasteiger partial charge in [-0.05, 0) is 75.6 Å². The van der Waals surface area contributed by atoms with E-state index in [2.05, 4.69) is 0 Å². The molecule has 0 radical (unpaired) electrons. The quantitative estimate of drug-likeness (QED) is 0.542. The van der Waals surface area contributed by atoms with Crippen LogP contribution in [-0.2, 0) is 22.6 Å². The molecule has 2 aliphatic rings. The number of ether oxygens (including phenoxy) is 4. The number of carbonyl (C=O) groups excluding carboxylic acids is 1. The second-order valence-corrected chi connectivity index (χ2v) is 11.1. The molecule has 2 heterocycles. The Balaban J connectivity index is 1.58. The Morgan fingerprint density at radius 1 is 1.14 bits per heavy atom. The van der Waals surface area contributed by atoms with Crippen molar-refractivity contribution >= 4 is 17.5 Å². The molecule has 2 aromatic rings. The van der Waals surface area contributed by atoms with Gasteiger partial charge in [-0.15, -0.1) is 4.31 Å². The zero-order chi connectivity index (χ0) is 25.0. The predicted octanol–water partition coefficient (Wildman–Crippen LogP) is 4.39. The maximum Gasteiger partial charge on any atom is 0.410 e. The fourth-order valence-electron chi connectivity index (χ4n) is 4.20. The van der Waals surface area contributed by atoms with Gasteiger partial charge >= 0.3 is 6.09 Å². The maximum atomic E-state index is 13.8. The van der Waals surface area contributed by atoms with Gasteiger partial charge in [0.15, 0.2) is 16.4 Å². The van der Waals surface area contributed by atoms with E-state index in [0.717, 1.165) is 24.2 Å². The fourth-order valence-corrected chi connectivity index (χ4v) is 5.55. The molecule has 0 saturated carbocycles. The number of likely N-dealkylation sites (tertiary alicyclic amines) is 1. The summed E-state index contributed by atoms with van der Waals surface area (Å²) >= 11 is -1.45. The van der Waals surface area contributed by atoms with Crippen LogP contribution < -0.4 is 14.2 Å². The summed E-state index contributed by atoms with van der Waals surface area (Å²) in [5, 5.41) is 0. The summed E-state index contributed by atoms with van der Waals surface area (Å²) in [7, 11) is 1.60. The van der Waals surface area contributed by atoms with E-state index in [9.17, 15) is 9.35 Å². The van der Waals surface area contributed by atoms with Gasteiger partial charge in [-0.1, -0.05) is 6.07 Å². The van der Waals surface area contributed by atoms with Crippen molar-refractivity contribution in [1.29, 1.82) is 0 Å². The van der Waals surface area contributed by atoms with Crippen LogP contribution in [0.25, 0.3) is 0 Å². The second-order valence-electron chi connectivity index (χ2n) is 9.70. The Bertz CT molecular complexity index is 1010. The predicted molar refractivity (Wildman–Crippen MR) is 133 cm³/mol. The van der Waals surface area contributed by atoms with Crippen LogP contribution in [0.1, 0.15) is 39.2 Å². The molecule has 1 saturated heterocycles. The van der Waals surface area contributed by atoms with Gasteiger partial charge < -0.3 is 28.4 Å². The van der Waals surface area contributed by atoms with Gasteiger partial charge in [-0.3, -0.25) is 0 Å². The largest absolute Gasteiger partial charge is 0.593 e. The average Bonchev–Trinajstić information content (AvgIpc) is 2.86. The minimum Gasteiger partial charge on any atom is -0.593 e. The normalized spacial score (nSPS) is 18.8. The number of piperidine rings is 1. The summed E-state index contributed by atoms with van der Waals surface area (Å²) in [5.74, 6) is 2.12. The van der Waals surface area contributed by atoms with Crippen LogP contribution in [0.5, 0.6) is 17.2 Å². The van der Waals surface area contributed by atoms with E-state index in [4.69, 9.17) is 18.9 Å². The van der Waals surface area contributed by atoms with Crippen LogP contribution in [0.2, 0.25) is 0 Å². The van der Waals surface area contributed by atoms with Crippen LogP contribution in [0.4, 0.5) is 4.79 Å². The first-order chi connectivity index (χ1) is 16.7. The number of benzene rings is 2. The van der Waals surface area contributed by atoms with Gasteiger partial charge in [0.05, 0.1) is 31.1 Å². The van der Waals surface area contributed by atoms with Gasteiger partial charge in [0.25, 0.3) is 0 Å². The smallest absolute Gasteiger partial charge is 0.410 e. The molecule has 0 bridgehead atoms. The molecule has 190 valence electrons. The summed E-state index contributed by atoms with van der Waals surface area (Å²) < 4.78 is 38.1. The van der Waals surface area contributed by atoms with Gasteiger partial charge in [-0.25, -0.2) is 4.79 Å². The third-order valence-electron chi connectivity index (χ3n) is 5.87. The van der Waals surface area contributed by atoms with Crippen LogP contribution in [0.3, 0.4) is 0 Å². The first-order valence-electron chi connectivity index (χ1n) is 11.9. The molecule has 2 unspecified atom stereocenters. The molecule has 1 fully saturated rings. The molecule has 0 aromatic heterocycles. The third kappa shape index (κ3) is 6.54. The Labute approximate surface area is 210 Å². The Kier molecular flexibility index (Phi) is 7.98. The number of nitrogens with zero attached hydrogens (tertiary/aromatic N) is 2. The molecule has 2 atom stereocenters. The lowest BCUT2D eigenvalue weighted by atomic mass is 10.1. The van der Waals surface area contributed by atoms with Gasteiger partial charge in [0.2, 0.25) is 0 Å². The first kappa shape index (κ1) is 25.5. The number of fused-ring (bicyclic) bond motifs is 1. The molecule has 35 heavy (non-hydrogen) atoms. The van der Waals surface area contributed by atoms with Crippen molar-refractivity contribution in [2.75, 3.05) is 33.4 Å². The summed E-state index contributed by atoms with van der Waals surface area (Å²) in [5.41, 5.74) is 0.395. The molecule has 8 nitrogen and oxygen atoms in total. The SMILES string of the molecule is COc1ccc([S+]([O-])N(Cc2ccc3c(c2)OCCO3)C2CCCN(C(=O)OC(C)(C)C)C2)cc1. The van der Waals surface area contributed by atoms with Gasteiger partial charge in [0.1, 0.15) is 24.6 Å². The highest BCUT2D eigenvalue weighted by atomic mass is 32.2. The molecule has 1 amide bonds. The molecule has 9 heteroatoms. The third-order valence-corrected chi connectivity index (χ3v) is 7.40. The molecule has 0 N–H and O–H groups in total. The Morgan fingerprint density at radius 3 is 2.54 bits per heavy atom. The molecule has 2 aliphatic heterocycles. The van der Waals surface area contributed by atoms with Crippen molar-refractivity contribution in [3.05, 3.63) is 48.0 Å². The van der Waals surface area contributed by atoms with Crippen molar-refractivity contribution in [1.82, 2.24) is 9.21 Å². The van der Waals surface area contributed by atoms with E-state index in [1.165, 1.54) is 0 Å². The van der Waals surface area contributed by atoms with Crippen LogP contribution >= 0.6 is 0 Å².